The fourth-order valence-electron chi connectivity index (χ4n) is 1.75. The number of hydrogen-bond acceptors (Lipinski definition) is 5. The van der Waals surface area contributed by atoms with Crippen molar-refractivity contribution in [2.24, 2.45) is 0 Å². The van der Waals surface area contributed by atoms with Crippen LogP contribution in [0.15, 0.2) is 16.3 Å². The van der Waals surface area contributed by atoms with Crippen LogP contribution < -0.4 is 10.6 Å². The zero-order valence-electron chi connectivity index (χ0n) is 12.5. The average molecular weight is 345 g/mol. The van der Waals surface area contributed by atoms with E-state index in [2.05, 4.69) is 10.6 Å². The lowest BCUT2D eigenvalue weighted by molar-refractivity contribution is -0.121. The first-order chi connectivity index (χ1) is 10.3. The molecule has 1 aliphatic carbocycles. The fraction of sp³-hybridized carbons (Fsp3) is 0.538. The Hall–Kier alpha value is -1.45. The lowest BCUT2D eigenvalue weighted by atomic mass is 10.4. The summed E-state index contributed by atoms with van der Waals surface area (Å²) < 4.78 is 26.0. The maximum absolute atomic E-state index is 12.4. The van der Waals surface area contributed by atoms with E-state index in [1.54, 1.807) is 6.07 Å². The van der Waals surface area contributed by atoms with E-state index in [0.717, 1.165) is 33.4 Å². The zero-order chi connectivity index (χ0) is 16.3. The summed E-state index contributed by atoms with van der Waals surface area (Å²) in [5.74, 6) is -0.463. The minimum atomic E-state index is -3.69. The minimum Gasteiger partial charge on any atom is -0.352 e. The maximum Gasteiger partial charge on any atom is 0.252 e. The SMILES string of the molecule is CC(=O)NCc1ccc(S(=O)(=O)N(C)CC(=O)NC2CC2)s1. The van der Waals surface area contributed by atoms with Crippen LogP contribution in [0.3, 0.4) is 0 Å². The highest BCUT2D eigenvalue weighted by atomic mass is 32.2. The van der Waals surface area contributed by atoms with Gasteiger partial charge in [0.1, 0.15) is 4.21 Å². The lowest BCUT2D eigenvalue weighted by Gasteiger charge is -2.15. The number of carbonyl (C=O) groups is 2. The summed E-state index contributed by atoms with van der Waals surface area (Å²) in [6, 6.07) is 3.35. The Morgan fingerprint density at radius 3 is 2.64 bits per heavy atom. The van der Waals surface area contributed by atoms with Crippen LogP contribution in [0.2, 0.25) is 0 Å². The van der Waals surface area contributed by atoms with Gasteiger partial charge in [-0.2, -0.15) is 4.31 Å². The van der Waals surface area contributed by atoms with Crippen molar-refractivity contribution in [1.29, 1.82) is 0 Å². The number of rotatable bonds is 7. The van der Waals surface area contributed by atoms with E-state index < -0.39 is 10.0 Å². The molecular formula is C13H19N3O4S2. The Morgan fingerprint density at radius 2 is 2.05 bits per heavy atom. The number of thiophene rings is 1. The first-order valence-electron chi connectivity index (χ1n) is 6.88. The van der Waals surface area contributed by atoms with Crippen molar-refractivity contribution in [1.82, 2.24) is 14.9 Å². The van der Waals surface area contributed by atoms with E-state index in [4.69, 9.17) is 0 Å². The lowest BCUT2D eigenvalue weighted by Crippen LogP contribution is -2.38. The number of nitrogens with zero attached hydrogens (tertiary/aromatic N) is 1. The van der Waals surface area contributed by atoms with Gasteiger partial charge in [-0.25, -0.2) is 8.42 Å². The number of carbonyl (C=O) groups excluding carboxylic acids is 2. The van der Waals surface area contributed by atoms with E-state index >= 15 is 0 Å². The molecule has 0 unspecified atom stereocenters. The molecule has 0 saturated heterocycles. The molecule has 0 bridgehead atoms. The molecule has 22 heavy (non-hydrogen) atoms. The second-order valence-corrected chi connectivity index (χ2v) is 8.67. The molecule has 1 saturated carbocycles. The van der Waals surface area contributed by atoms with E-state index in [1.165, 1.54) is 20.0 Å². The summed E-state index contributed by atoms with van der Waals surface area (Å²) in [4.78, 5) is 23.3. The van der Waals surface area contributed by atoms with Crippen molar-refractivity contribution in [3.05, 3.63) is 17.0 Å². The number of amides is 2. The molecule has 0 spiro atoms. The summed E-state index contributed by atoms with van der Waals surface area (Å²) in [6.07, 6.45) is 1.92. The van der Waals surface area contributed by atoms with Gasteiger partial charge in [0.05, 0.1) is 13.1 Å². The van der Waals surface area contributed by atoms with E-state index in [1.807, 2.05) is 0 Å². The molecule has 2 rings (SSSR count). The van der Waals surface area contributed by atoms with Crippen molar-refractivity contribution in [3.63, 3.8) is 0 Å². The monoisotopic (exact) mass is 345 g/mol. The summed E-state index contributed by atoms with van der Waals surface area (Å²) >= 11 is 1.09. The zero-order valence-corrected chi connectivity index (χ0v) is 14.1. The number of sulfonamides is 1. The largest absolute Gasteiger partial charge is 0.352 e. The molecule has 122 valence electrons. The van der Waals surface area contributed by atoms with Crippen molar-refractivity contribution < 1.29 is 18.0 Å². The molecule has 2 N–H and O–H groups in total. The molecule has 0 atom stereocenters. The fourth-order valence-corrected chi connectivity index (χ4v) is 4.38. The topological polar surface area (TPSA) is 95.6 Å². The van der Waals surface area contributed by atoms with Crippen LogP contribution in [0.5, 0.6) is 0 Å². The van der Waals surface area contributed by atoms with Gasteiger partial charge < -0.3 is 10.6 Å². The van der Waals surface area contributed by atoms with Crippen molar-refractivity contribution in [2.45, 2.75) is 36.6 Å². The second kappa shape index (κ2) is 6.76. The highest BCUT2D eigenvalue weighted by Gasteiger charge is 2.28. The quantitative estimate of drug-likeness (QED) is 0.742. The Balaban J connectivity index is 1.98. The highest BCUT2D eigenvalue weighted by molar-refractivity contribution is 7.91. The summed E-state index contributed by atoms with van der Waals surface area (Å²) in [5.41, 5.74) is 0. The predicted octanol–water partition coefficient (Wildman–Crippen LogP) is 0.283. The van der Waals surface area contributed by atoms with Gasteiger partial charge in [0.15, 0.2) is 0 Å². The molecule has 1 aliphatic rings. The van der Waals surface area contributed by atoms with E-state index in [-0.39, 0.29) is 28.6 Å². The molecule has 2 amide bonds. The van der Waals surface area contributed by atoms with Crippen molar-refractivity contribution >= 4 is 33.2 Å². The summed E-state index contributed by atoms with van der Waals surface area (Å²) in [7, 11) is -2.30. The normalized spacial score (nSPS) is 14.9. The Bertz CT molecular complexity index is 665. The first-order valence-corrected chi connectivity index (χ1v) is 9.13. The highest BCUT2D eigenvalue weighted by Crippen LogP contribution is 2.24. The molecule has 9 heteroatoms. The van der Waals surface area contributed by atoms with Gasteiger partial charge in [0, 0.05) is 24.9 Å². The van der Waals surface area contributed by atoms with Crippen LogP contribution in [-0.2, 0) is 26.2 Å². The van der Waals surface area contributed by atoms with Gasteiger partial charge in [-0.3, -0.25) is 9.59 Å². The number of likely N-dealkylation sites (N-methyl/N-ethyl adjacent to an activating group) is 1. The number of hydrogen-bond donors (Lipinski definition) is 2. The van der Waals surface area contributed by atoms with Crippen LogP contribution >= 0.6 is 11.3 Å². The van der Waals surface area contributed by atoms with E-state index in [0.29, 0.717) is 6.54 Å². The Morgan fingerprint density at radius 1 is 1.36 bits per heavy atom. The molecule has 1 heterocycles. The predicted molar refractivity (Wildman–Crippen MR) is 82.8 cm³/mol. The van der Waals surface area contributed by atoms with Crippen LogP contribution in [0.1, 0.15) is 24.6 Å². The van der Waals surface area contributed by atoms with Crippen molar-refractivity contribution in [3.8, 4) is 0 Å². The molecule has 1 aromatic rings. The van der Waals surface area contributed by atoms with Crippen LogP contribution in [0, 0.1) is 0 Å². The Labute approximate surface area is 133 Å². The molecule has 0 radical (unpaired) electrons. The summed E-state index contributed by atoms with van der Waals surface area (Å²) in [6.45, 7) is 1.50. The minimum absolute atomic E-state index is 0.162. The second-order valence-electron chi connectivity index (χ2n) is 5.23. The van der Waals surface area contributed by atoms with E-state index in [9.17, 15) is 18.0 Å². The van der Waals surface area contributed by atoms with Crippen LogP contribution in [0.4, 0.5) is 0 Å². The number of nitrogens with one attached hydrogen (secondary N) is 2. The molecule has 7 nitrogen and oxygen atoms in total. The van der Waals surface area contributed by atoms with Gasteiger partial charge in [-0.15, -0.1) is 11.3 Å². The molecule has 0 aliphatic heterocycles. The van der Waals surface area contributed by atoms with Crippen LogP contribution in [0.25, 0.3) is 0 Å². The standard InChI is InChI=1S/C13H19N3O4S2/c1-9(17)14-7-11-5-6-13(21-11)22(19,20)16(2)8-12(18)15-10-3-4-10/h5-6,10H,3-4,7-8H2,1-2H3,(H,14,17)(H,15,18). The first kappa shape index (κ1) is 16.9. The molecular weight excluding hydrogens is 326 g/mol. The summed E-state index contributed by atoms with van der Waals surface area (Å²) in [5, 5.41) is 5.37. The Kier molecular flexibility index (Phi) is 5.20. The van der Waals surface area contributed by atoms with Gasteiger partial charge >= 0.3 is 0 Å². The maximum atomic E-state index is 12.4. The van der Waals surface area contributed by atoms with Crippen LogP contribution in [-0.4, -0.2) is 44.2 Å². The van der Waals surface area contributed by atoms with Gasteiger partial charge in [0.25, 0.3) is 10.0 Å². The van der Waals surface area contributed by atoms with Gasteiger partial charge in [-0.05, 0) is 25.0 Å². The smallest absolute Gasteiger partial charge is 0.252 e. The third-order valence-electron chi connectivity index (χ3n) is 3.12. The molecule has 0 aromatic carbocycles. The average Bonchev–Trinajstić information content (AvgIpc) is 3.09. The third kappa shape index (κ3) is 4.52. The molecule has 1 aromatic heterocycles. The van der Waals surface area contributed by atoms with Gasteiger partial charge in [0.2, 0.25) is 11.8 Å². The third-order valence-corrected chi connectivity index (χ3v) is 6.48. The molecule has 1 fully saturated rings. The van der Waals surface area contributed by atoms with Crippen molar-refractivity contribution in [2.75, 3.05) is 13.6 Å². The van der Waals surface area contributed by atoms with Gasteiger partial charge in [-0.1, -0.05) is 0 Å².